The summed E-state index contributed by atoms with van der Waals surface area (Å²) in [6, 6.07) is 0. The van der Waals surface area contributed by atoms with Crippen LogP contribution >= 0.6 is 31.9 Å². The lowest BCUT2D eigenvalue weighted by atomic mass is 10.5. The molecular formula is C4H4Br2O2. The molecule has 0 aromatic rings. The lowest BCUT2D eigenvalue weighted by Crippen LogP contribution is -1.87. The summed E-state index contributed by atoms with van der Waals surface area (Å²) < 4.78 is -0.0499. The predicted molar refractivity (Wildman–Crippen MR) is 38.4 cm³/mol. The maximum atomic E-state index is 9.78. The molecule has 0 aliphatic heterocycles. The Bertz CT molecular complexity index is 109. The molecule has 4 heteroatoms. The Kier molecular flexibility index (Phi) is 4.18. The lowest BCUT2D eigenvalue weighted by Gasteiger charge is -1.84. The van der Waals surface area contributed by atoms with Gasteiger partial charge in [-0.05, 0) is 0 Å². The van der Waals surface area contributed by atoms with Crippen molar-refractivity contribution in [1.29, 1.82) is 0 Å². The first kappa shape index (κ1) is 8.17. The number of halogens is 2. The zero-order chi connectivity index (χ0) is 6.57. The average molecular weight is 244 g/mol. The Morgan fingerprint density at radius 3 is 2.25 bits per heavy atom. The zero-order valence-electron chi connectivity index (χ0n) is 3.84. The summed E-state index contributed by atoms with van der Waals surface area (Å²) in [6.07, 6.45) is 2.54. The van der Waals surface area contributed by atoms with Gasteiger partial charge in [0.15, 0.2) is 0 Å². The van der Waals surface area contributed by atoms with Crippen LogP contribution in [0.15, 0.2) is 12.2 Å². The third kappa shape index (κ3) is 6.17. The second-order valence-corrected chi connectivity index (χ2v) is 4.23. The highest BCUT2D eigenvalue weighted by Crippen LogP contribution is 2.08. The molecule has 0 amide bonds. The summed E-state index contributed by atoms with van der Waals surface area (Å²) in [7, 11) is 0. The highest BCUT2D eigenvalue weighted by molar-refractivity contribution is 9.24. The highest BCUT2D eigenvalue weighted by Gasteiger charge is 1.89. The number of carbonyl (C=O) groups is 1. The first-order valence-electron chi connectivity index (χ1n) is 1.82. The Morgan fingerprint density at radius 1 is 1.62 bits per heavy atom. The smallest absolute Gasteiger partial charge is 0.328 e. The standard InChI is InChI=1S/C4H4Br2O2/c5-3(6)1-2-4(7)8/h1-3H,(H,7,8). The van der Waals surface area contributed by atoms with Crippen molar-refractivity contribution in [3.63, 3.8) is 0 Å². The van der Waals surface area contributed by atoms with Crippen LogP contribution in [-0.2, 0) is 4.79 Å². The molecule has 8 heavy (non-hydrogen) atoms. The summed E-state index contributed by atoms with van der Waals surface area (Å²) in [5.74, 6) is -0.936. The van der Waals surface area contributed by atoms with Crippen molar-refractivity contribution in [3.8, 4) is 0 Å². The minimum atomic E-state index is -0.936. The van der Waals surface area contributed by atoms with E-state index >= 15 is 0 Å². The van der Waals surface area contributed by atoms with Crippen LogP contribution in [0.5, 0.6) is 0 Å². The van der Waals surface area contributed by atoms with Crippen molar-refractivity contribution >= 4 is 37.8 Å². The average Bonchev–Trinajstić information content (AvgIpc) is 1.61. The van der Waals surface area contributed by atoms with Crippen molar-refractivity contribution in [2.45, 2.75) is 3.74 Å². The van der Waals surface area contributed by atoms with Crippen LogP contribution in [0, 0.1) is 0 Å². The van der Waals surface area contributed by atoms with E-state index in [9.17, 15) is 4.79 Å². The quantitative estimate of drug-likeness (QED) is 0.593. The van der Waals surface area contributed by atoms with E-state index in [1.807, 2.05) is 0 Å². The van der Waals surface area contributed by atoms with Crippen LogP contribution in [0.3, 0.4) is 0 Å². The number of aliphatic carboxylic acids is 1. The molecule has 0 spiro atoms. The molecule has 0 bridgehead atoms. The number of allylic oxidation sites excluding steroid dienone is 1. The molecule has 0 radical (unpaired) electrons. The van der Waals surface area contributed by atoms with Gasteiger partial charge in [-0.15, -0.1) is 0 Å². The van der Waals surface area contributed by atoms with E-state index in [1.54, 1.807) is 0 Å². The maximum Gasteiger partial charge on any atom is 0.328 e. The number of carboxylic acids is 1. The van der Waals surface area contributed by atoms with Crippen molar-refractivity contribution < 1.29 is 9.90 Å². The summed E-state index contributed by atoms with van der Waals surface area (Å²) in [5, 5.41) is 8.03. The van der Waals surface area contributed by atoms with Gasteiger partial charge in [-0.1, -0.05) is 37.9 Å². The summed E-state index contributed by atoms with van der Waals surface area (Å²) in [4.78, 5) is 9.78. The van der Waals surface area contributed by atoms with E-state index in [4.69, 9.17) is 5.11 Å². The Hall–Kier alpha value is 0.170. The van der Waals surface area contributed by atoms with Gasteiger partial charge in [-0.3, -0.25) is 0 Å². The molecule has 0 aliphatic rings. The zero-order valence-corrected chi connectivity index (χ0v) is 7.02. The molecule has 0 aromatic heterocycles. The minimum absolute atomic E-state index is 0.0499. The third-order valence-corrected chi connectivity index (χ3v) is 0.995. The number of rotatable bonds is 2. The van der Waals surface area contributed by atoms with Gasteiger partial charge in [-0.2, -0.15) is 0 Å². The lowest BCUT2D eigenvalue weighted by molar-refractivity contribution is -0.131. The normalized spacial score (nSPS) is 10.9. The first-order valence-corrected chi connectivity index (χ1v) is 3.65. The topological polar surface area (TPSA) is 37.3 Å². The van der Waals surface area contributed by atoms with E-state index in [-0.39, 0.29) is 3.74 Å². The van der Waals surface area contributed by atoms with Gasteiger partial charge in [0, 0.05) is 6.08 Å². The number of carboxylic acid groups (broad SMARTS) is 1. The Labute approximate surface area is 63.8 Å². The fourth-order valence-electron chi connectivity index (χ4n) is 0.155. The van der Waals surface area contributed by atoms with E-state index in [0.717, 1.165) is 6.08 Å². The van der Waals surface area contributed by atoms with Crippen LogP contribution in [-0.4, -0.2) is 14.8 Å². The molecule has 0 rings (SSSR count). The van der Waals surface area contributed by atoms with Gasteiger partial charge >= 0.3 is 5.97 Å². The van der Waals surface area contributed by atoms with E-state index in [1.165, 1.54) is 6.08 Å². The summed E-state index contributed by atoms with van der Waals surface area (Å²) in [6.45, 7) is 0. The van der Waals surface area contributed by atoms with Gasteiger partial charge < -0.3 is 5.11 Å². The van der Waals surface area contributed by atoms with Crippen LogP contribution in [0.4, 0.5) is 0 Å². The third-order valence-electron chi connectivity index (χ3n) is 0.384. The van der Waals surface area contributed by atoms with Crippen molar-refractivity contribution in [2.24, 2.45) is 0 Å². The van der Waals surface area contributed by atoms with Gasteiger partial charge in [-0.25, -0.2) is 4.79 Å². The molecule has 2 nitrogen and oxygen atoms in total. The van der Waals surface area contributed by atoms with Crippen molar-refractivity contribution in [3.05, 3.63) is 12.2 Å². The van der Waals surface area contributed by atoms with Crippen LogP contribution in [0.2, 0.25) is 0 Å². The van der Waals surface area contributed by atoms with Crippen molar-refractivity contribution in [2.75, 3.05) is 0 Å². The SMILES string of the molecule is O=C(O)C=CC(Br)Br. The molecule has 0 fully saturated rings. The maximum absolute atomic E-state index is 9.78. The molecule has 1 N–H and O–H groups in total. The Morgan fingerprint density at radius 2 is 2.12 bits per heavy atom. The monoisotopic (exact) mass is 242 g/mol. The molecule has 0 heterocycles. The molecule has 0 unspecified atom stereocenters. The molecule has 0 atom stereocenters. The molecule has 0 saturated carbocycles. The molecule has 0 aliphatic carbocycles. The number of alkyl halides is 2. The second-order valence-electron chi connectivity index (χ2n) is 1.03. The highest BCUT2D eigenvalue weighted by atomic mass is 79.9. The van der Waals surface area contributed by atoms with Gasteiger partial charge in [0.25, 0.3) is 0 Å². The van der Waals surface area contributed by atoms with Crippen LogP contribution in [0.1, 0.15) is 0 Å². The first-order chi connectivity index (χ1) is 3.63. The number of hydrogen-bond acceptors (Lipinski definition) is 1. The fourth-order valence-corrected chi connectivity index (χ4v) is 0.460. The fraction of sp³-hybridized carbons (Fsp3) is 0.250. The molecule has 46 valence electrons. The van der Waals surface area contributed by atoms with Crippen LogP contribution in [0.25, 0.3) is 0 Å². The van der Waals surface area contributed by atoms with Crippen molar-refractivity contribution in [1.82, 2.24) is 0 Å². The van der Waals surface area contributed by atoms with Gasteiger partial charge in [0.1, 0.15) is 0 Å². The largest absolute Gasteiger partial charge is 0.478 e. The second kappa shape index (κ2) is 4.09. The van der Waals surface area contributed by atoms with E-state index in [2.05, 4.69) is 31.9 Å². The number of hydrogen-bond donors (Lipinski definition) is 1. The Balaban J connectivity index is 3.50. The summed E-state index contributed by atoms with van der Waals surface area (Å²) in [5.41, 5.74) is 0. The van der Waals surface area contributed by atoms with Gasteiger partial charge in [0.05, 0.1) is 3.74 Å². The van der Waals surface area contributed by atoms with E-state index < -0.39 is 5.97 Å². The minimum Gasteiger partial charge on any atom is -0.478 e. The summed E-state index contributed by atoms with van der Waals surface area (Å²) >= 11 is 6.14. The molecule has 0 aromatic carbocycles. The predicted octanol–water partition coefficient (Wildman–Crippen LogP) is 1.74. The van der Waals surface area contributed by atoms with E-state index in [0.29, 0.717) is 0 Å². The van der Waals surface area contributed by atoms with Gasteiger partial charge in [0.2, 0.25) is 0 Å². The molecular weight excluding hydrogens is 240 g/mol. The molecule has 0 saturated heterocycles. The van der Waals surface area contributed by atoms with Crippen LogP contribution < -0.4 is 0 Å².